The van der Waals surface area contributed by atoms with Gasteiger partial charge < -0.3 is 14.2 Å². The second-order valence-corrected chi connectivity index (χ2v) is 17.7. The van der Waals surface area contributed by atoms with Crippen LogP contribution >= 0.6 is 0 Å². The fourth-order valence-electron chi connectivity index (χ4n) is 7.39. The number of rotatable bonds is 48. The molecule has 0 rings (SSSR count). The standard InChI is InChI=1S/C59H100O6/c1-4-7-10-13-16-19-22-24-25-26-27-28-29-30-31-32-33-35-37-40-43-46-49-52-58(61)64-55-56(54-63-57(60)51-48-45-42-39-36-21-18-15-12-9-6-3)65-59(62)53-50-47-44-41-38-34-23-20-17-14-11-8-5-2/h7-8,10-11,16-17,19-20,24-25,27-28,34,38,56H,4-6,9,12-15,18,21-23,26,29-33,35-37,39-55H2,1-3H3/b10-7-,11-8-,19-16-,20-17-,25-24-,28-27-,38-34-. The summed E-state index contributed by atoms with van der Waals surface area (Å²) in [6.07, 6.45) is 68.6. The molecule has 1 atom stereocenters. The maximum atomic E-state index is 12.8. The minimum Gasteiger partial charge on any atom is -0.462 e. The van der Waals surface area contributed by atoms with Gasteiger partial charge in [-0.3, -0.25) is 14.4 Å². The fraction of sp³-hybridized carbons (Fsp3) is 0.712. The minimum atomic E-state index is -0.791. The van der Waals surface area contributed by atoms with Gasteiger partial charge >= 0.3 is 17.9 Å². The molecular weight excluding hydrogens is 805 g/mol. The van der Waals surface area contributed by atoms with E-state index in [1.54, 1.807) is 0 Å². The van der Waals surface area contributed by atoms with E-state index >= 15 is 0 Å². The van der Waals surface area contributed by atoms with Crippen molar-refractivity contribution < 1.29 is 28.6 Å². The number of hydrogen-bond acceptors (Lipinski definition) is 6. The summed E-state index contributed by atoms with van der Waals surface area (Å²) < 4.78 is 16.8. The van der Waals surface area contributed by atoms with Gasteiger partial charge in [-0.25, -0.2) is 0 Å². The predicted octanol–water partition coefficient (Wildman–Crippen LogP) is 18.0. The van der Waals surface area contributed by atoms with Crippen LogP contribution in [-0.4, -0.2) is 37.2 Å². The SMILES string of the molecule is CC/C=C\C/C=C\C/C=C\C/C=C\CCCCCCCCCCCCC(=O)OCC(COC(=O)CCCCCCCCCCCCC)OC(=O)CCCCC/C=C\C/C=C\C/C=C\CC. The second kappa shape index (κ2) is 53.2. The normalized spacial score (nSPS) is 12.7. The summed E-state index contributed by atoms with van der Waals surface area (Å²) in [6, 6.07) is 0. The number of ether oxygens (including phenoxy) is 3. The van der Waals surface area contributed by atoms with Crippen LogP contribution in [0.5, 0.6) is 0 Å². The van der Waals surface area contributed by atoms with Crippen LogP contribution in [0.15, 0.2) is 85.1 Å². The Labute approximate surface area is 401 Å². The molecule has 0 N–H and O–H groups in total. The molecule has 0 saturated carbocycles. The second-order valence-electron chi connectivity index (χ2n) is 17.7. The molecule has 0 bridgehead atoms. The summed E-state index contributed by atoms with van der Waals surface area (Å²) in [5.41, 5.74) is 0. The van der Waals surface area contributed by atoms with Crippen LogP contribution in [0.3, 0.4) is 0 Å². The molecule has 0 saturated heterocycles. The van der Waals surface area contributed by atoms with E-state index < -0.39 is 6.10 Å². The van der Waals surface area contributed by atoms with Gasteiger partial charge in [0, 0.05) is 19.3 Å². The minimum absolute atomic E-state index is 0.0880. The average molecular weight is 905 g/mol. The third-order valence-corrected chi connectivity index (χ3v) is 11.4. The van der Waals surface area contributed by atoms with Gasteiger partial charge in [0.05, 0.1) is 0 Å². The molecule has 0 radical (unpaired) electrons. The lowest BCUT2D eigenvalue weighted by molar-refractivity contribution is -0.167. The first-order valence-corrected chi connectivity index (χ1v) is 27.1. The molecule has 0 amide bonds. The average Bonchev–Trinajstić information content (AvgIpc) is 3.30. The Hall–Kier alpha value is -3.41. The molecule has 1 unspecified atom stereocenters. The van der Waals surface area contributed by atoms with Crippen molar-refractivity contribution in [2.45, 2.75) is 258 Å². The van der Waals surface area contributed by atoms with E-state index in [1.807, 2.05) is 0 Å². The van der Waals surface area contributed by atoms with Crippen molar-refractivity contribution in [3.05, 3.63) is 85.1 Å². The Morgan fingerprint density at radius 3 is 0.954 bits per heavy atom. The zero-order valence-electron chi connectivity index (χ0n) is 42.5. The molecule has 0 aliphatic heterocycles. The smallest absolute Gasteiger partial charge is 0.306 e. The zero-order chi connectivity index (χ0) is 47.2. The number of hydrogen-bond donors (Lipinski definition) is 0. The number of carbonyl (C=O) groups is 3. The lowest BCUT2D eigenvalue weighted by atomic mass is 10.1. The van der Waals surface area contributed by atoms with E-state index in [9.17, 15) is 14.4 Å². The summed E-state index contributed by atoms with van der Waals surface area (Å²) >= 11 is 0. The Kier molecular flexibility index (Phi) is 50.4. The monoisotopic (exact) mass is 905 g/mol. The third kappa shape index (κ3) is 51.4. The van der Waals surface area contributed by atoms with E-state index in [4.69, 9.17) is 14.2 Å². The topological polar surface area (TPSA) is 78.9 Å². The Morgan fingerprint density at radius 2 is 0.600 bits per heavy atom. The van der Waals surface area contributed by atoms with Crippen LogP contribution in [0, 0.1) is 0 Å². The zero-order valence-corrected chi connectivity index (χ0v) is 42.5. The van der Waals surface area contributed by atoms with Gasteiger partial charge in [0.2, 0.25) is 0 Å². The van der Waals surface area contributed by atoms with Crippen molar-refractivity contribution in [2.24, 2.45) is 0 Å². The fourth-order valence-corrected chi connectivity index (χ4v) is 7.39. The summed E-state index contributed by atoms with van der Waals surface area (Å²) in [7, 11) is 0. The van der Waals surface area contributed by atoms with Crippen LogP contribution in [0.25, 0.3) is 0 Å². The molecule has 0 aromatic rings. The molecule has 0 aromatic carbocycles. The highest BCUT2D eigenvalue weighted by molar-refractivity contribution is 5.71. The van der Waals surface area contributed by atoms with Crippen LogP contribution in [0.1, 0.15) is 252 Å². The van der Waals surface area contributed by atoms with Crippen molar-refractivity contribution >= 4 is 17.9 Å². The molecule has 65 heavy (non-hydrogen) atoms. The molecule has 0 aliphatic carbocycles. The molecular formula is C59H100O6. The van der Waals surface area contributed by atoms with Crippen molar-refractivity contribution in [2.75, 3.05) is 13.2 Å². The number of unbranched alkanes of at least 4 members (excludes halogenated alkanes) is 23. The van der Waals surface area contributed by atoms with Gasteiger partial charge in [-0.05, 0) is 89.9 Å². The molecule has 372 valence electrons. The summed E-state index contributed by atoms with van der Waals surface area (Å²) in [6.45, 7) is 6.38. The summed E-state index contributed by atoms with van der Waals surface area (Å²) in [4.78, 5) is 38.0. The Balaban J connectivity index is 4.31. The predicted molar refractivity (Wildman–Crippen MR) is 279 cm³/mol. The Bertz CT molecular complexity index is 1270. The maximum absolute atomic E-state index is 12.8. The van der Waals surface area contributed by atoms with Crippen LogP contribution in [0.4, 0.5) is 0 Å². The highest BCUT2D eigenvalue weighted by atomic mass is 16.6. The number of carbonyl (C=O) groups excluding carboxylic acids is 3. The quantitative estimate of drug-likeness (QED) is 0.0262. The molecule has 0 spiro atoms. The molecule has 0 heterocycles. The van der Waals surface area contributed by atoms with Gasteiger partial charge in [0.25, 0.3) is 0 Å². The van der Waals surface area contributed by atoms with Crippen molar-refractivity contribution in [1.29, 1.82) is 0 Å². The molecule has 6 nitrogen and oxygen atoms in total. The highest BCUT2D eigenvalue weighted by Crippen LogP contribution is 2.15. The summed E-state index contributed by atoms with van der Waals surface area (Å²) in [5, 5.41) is 0. The van der Waals surface area contributed by atoms with E-state index in [0.717, 1.165) is 109 Å². The number of esters is 3. The van der Waals surface area contributed by atoms with Crippen LogP contribution in [-0.2, 0) is 28.6 Å². The first-order chi connectivity index (χ1) is 32.0. The molecule has 0 fully saturated rings. The van der Waals surface area contributed by atoms with E-state index in [1.165, 1.54) is 103 Å². The van der Waals surface area contributed by atoms with E-state index in [-0.39, 0.29) is 31.1 Å². The van der Waals surface area contributed by atoms with Crippen molar-refractivity contribution in [1.82, 2.24) is 0 Å². The van der Waals surface area contributed by atoms with E-state index in [2.05, 4.69) is 106 Å². The van der Waals surface area contributed by atoms with Crippen molar-refractivity contribution in [3.8, 4) is 0 Å². The first kappa shape index (κ1) is 61.6. The maximum Gasteiger partial charge on any atom is 0.306 e. The highest BCUT2D eigenvalue weighted by Gasteiger charge is 2.19. The van der Waals surface area contributed by atoms with Crippen LogP contribution in [0.2, 0.25) is 0 Å². The Morgan fingerprint density at radius 1 is 0.323 bits per heavy atom. The molecule has 6 heteroatoms. The van der Waals surface area contributed by atoms with Crippen LogP contribution < -0.4 is 0 Å². The summed E-state index contributed by atoms with van der Waals surface area (Å²) in [5.74, 6) is -0.921. The lowest BCUT2D eigenvalue weighted by Crippen LogP contribution is -2.30. The third-order valence-electron chi connectivity index (χ3n) is 11.4. The van der Waals surface area contributed by atoms with Gasteiger partial charge in [-0.2, -0.15) is 0 Å². The van der Waals surface area contributed by atoms with Gasteiger partial charge in [-0.15, -0.1) is 0 Å². The lowest BCUT2D eigenvalue weighted by Gasteiger charge is -2.18. The first-order valence-electron chi connectivity index (χ1n) is 27.1. The molecule has 0 aromatic heterocycles. The van der Waals surface area contributed by atoms with Gasteiger partial charge in [-0.1, -0.05) is 228 Å². The molecule has 0 aliphatic rings. The van der Waals surface area contributed by atoms with Crippen molar-refractivity contribution in [3.63, 3.8) is 0 Å². The van der Waals surface area contributed by atoms with E-state index in [0.29, 0.717) is 19.3 Å². The number of allylic oxidation sites excluding steroid dienone is 14. The van der Waals surface area contributed by atoms with Gasteiger partial charge in [0.15, 0.2) is 6.10 Å². The van der Waals surface area contributed by atoms with Gasteiger partial charge in [0.1, 0.15) is 13.2 Å². The largest absolute Gasteiger partial charge is 0.462 e.